The molecule has 1 aromatic carbocycles. The van der Waals surface area contributed by atoms with E-state index in [9.17, 15) is 0 Å². The molecule has 0 amide bonds. The van der Waals surface area contributed by atoms with E-state index in [4.69, 9.17) is 0 Å². The minimum absolute atomic E-state index is 0.821. The van der Waals surface area contributed by atoms with E-state index in [0.717, 1.165) is 5.92 Å². The van der Waals surface area contributed by atoms with Gasteiger partial charge < -0.3 is 0 Å². The number of rotatable bonds is 4. The van der Waals surface area contributed by atoms with Crippen molar-refractivity contribution in [3.63, 3.8) is 0 Å². The summed E-state index contributed by atoms with van der Waals surface area (Å²) in [5, 5.41) is 0. The first-order chi connectivity index (χ1) is 11.1. The second-order valence-electron chi connectivity index (χ2n) is 7.10. The summed E-state index contributed by atoms with van der Waals surface area (Å²) >= 11 is 0. The van der Waals surface area contributed by atoms with E-state index >= 15 is 0 Å². The lowest BCUT2D eigenvalue weighted by Gasteiger charge is -2.10. The van der Waals surface area contributed by atoms with Gasteiger partial charge >= 0.3 is 0 Å². The molecule has 23 heavy (non-hydrogen) atoms. The highest BCUT2D eigenvalue weighted by atomic mass is 14.3. The molecular weight excluding hydrogens is 276 g/mol. The van der Waals surface area contributed by atoms with Gasteiger partial charge in [-0.05, 0) is 69.4 Å². The summed E-state index contributed by atoms with van der Waals surface area (Å²) in [5.74, 6) is 0.821. The van der Waals surface area contributed by atoms with Crippen LogP contribution in [0.3, 0.4) is 0 Å². The third kappa shape index (κ3) is 5.53. The van der Waals surface area contributed by atoms with Crippen molar-refractivity contribution in [1.29, 1.82) is 0 Å². The van der Waals surface area contributed by atoms with Crippen LogP contribution in [0.4, 0.5) is 0 Å². The quantitative estimate of drug-likeness (QED) is 0.535. The summed E-state index contributed by atoms with van der Waals surface area (Å²) in [4.78, 5) is 0. The van der Waals surface area contributed by atoms with Crippen molar-refractivity contribution in [2.75, 3.05) is 0 Å². The lowest BCUT2D eigenvalue weighted by molar-refractivity contribution is 0.545. The van der Waals surface area contributed by atoms with Crippen LogP contribution in [0.25, 0.3) is 0 Å². The van der Waals surface area contributed by atoms with Crippen LogP contribution in [0.5, 0.6) is 0 Å². The van der Waals surface area contributed by atoms with Gasteiger partial charge in [-0.25, -0.2) is 0 Å². The van der Waals surface area contributed by atoms with Crippen LogP contribution in [0.2, 0.25) is 0 Å². The van der Waals surface area contributed by atoms with Crippen LogP contribution >= 0.6 is 0 Å². The van der Waals surface area contributed by atoms with E-state index in [2.05, 4.69) is 63.8 Å². The van der Waals surface area contributed by atoms with E-state index < -0.39 is 0 Å². The molecule has 0 aliphatic heterocycles. The van der Waals surface area contributed by atoms with Gasteiger partial charge in [0.25, 0.3) is 0 Å². The predicted octanol–water partition coefficient (Wildman–Crippen LogP) is 6.82. The summed E-state index contributed by atoms with van der Waals surface area (Å²) in [7, 11) is 0. The van der Waals surface area contributed by atoms with Crippen LogP contribution in [0, 0.1) is 5.92 Å². The van der Waals surface area contributed by atoms with Crippen LogP contribution in [0.15, 0.2) is 59.7 Å². The normalized spacial score (nSPS) is 16.8. The highest BCUT2D eigenvalue weighted by Crippen LogP contribution is 2.31. The van der Waals surface area contributed by atoms with Crippen molar-refractivity contribution in [2.24, 2.45) is 5.92 Å². The smallest absolute Gasteiger partial charge is 0.0241 e. The van der Waals surface area contributed by atoms with Crippen molar-refractivity contribution in [3.8, 4) is 0 Å². The molecule has 0 unspecified atom stereocenters. The highest BCUT2D eigenvalue weighted by Gasteiger charge is 2.20. The van der Waals surface area contributed by atoms with E-state index in [1.54, 1.807) is 11.1 Å². The molecule has 0 heteroatoms. The molecule has 0 N–H and O–H groups in total. The van der Waals surface area contributed by atoms with Gasteiger partial charge in [0.1, 0.15) is 0 Å². The molecule has 124 valence electrons. The number of hydrogen-bond acceptors (Lipinski definition) is 0. The van der Waals surface area contributed by atoms with Crippen molar-refractivity contribution in [1.82, 2.24) is 0 Å². The number of fused-ring (bicyclic) bond motifs is 1. The first-order valence-corrected chi connectivity index (χ1v) is 9.17. The van der Waals surface area contributed by atoms with Gasteiger partial charge in [0.15, 0.2) is 0 Å². The van der Waals surface area contributed by atoms with Crippen LogP contribution < -0.4 is 0 Å². The summed E-state index contributed by atoms with van der Waals surface area (Å²) in [6, 6.07) is 8.86. The summed E-state index contributed by atoms with van der Waals surface area (Å²) < 4.78 is 0. The Balaban J connectivity index is 0.000000203. The van der Waals surface area contributed by atoms with Crippen LogP contribution in [-0.4, -0.2) is 0 Å². The minimum atomic E-state index is 0.821. The summed E-state index contributed by atoms with van der Waals surface area (Å²) in [5.41, 5.74) is 7.47. The largest absolute Gasteiger partial charge is 0.0999 e. The summed E-state index contributed by atoms with van der Waals surface area (Å²) in [6.45, 7) is 10.7. The van der Waals surface area contributed by atoms with Gasteiger partial charge in [-0.15, -0.1) is 0 Å². The Hall–Kier alpha value is -1.56. The van der Waals surface area contributed by atoms with E-state index in [0.29, 0.717) is 0 Å². The summed E-state index contributed by atoms with van der Waals surface area (Å²) in [6.07, 6.45) is 13.3. The molecule has 0 saturated heterocycles. The molecule has 1 aromatic rings. The molecule has 0 radical (unpaired) electrons. The van der Waals surface area contributed by atoms with Gasteiger partial charge in [-0.1, -0.05) is 73.1 Å². The topological polar surface area (TPSA) is 0 Å². The number of hydrogen-bond donors (Lipinski definition) is 0. The lowest BCUT2D eigenvalue weighted by atomic mass is 9.95. The molecule has 0 saturated carbocycles. The molecular formula is C23H32. The van der Waals surface area contributed by atoms with Gasteiger partial charge in [0.2, 0.25) is 0 Å². The van der Waals surface area contributed by atoms with Crippen molar-refractivity contribution in [2.45, 2.75) is 65.7 Å². The third-order valence-corrected chi connectivity index (χ3v) is 5.01. The predicted molar refractivity (Wildman–Crippen MR) is 103 cm³/mol. The number of benzene rings is 1. The molecule has 3 rings (SSSR count). The first kappa shape index (κ1) is 17.8. The Bertz CT molecular complexity index is 543. The Labute approximate surface area is 143 Å². The molecule has 2 aliphatic rings. The fourth-order valence-electron chi connectivity index (χ4n) is 3.58. The van der Waals surface area contributed by atoms with Gasteiger partial charge in [0, 0.05) is 0 Å². The molecule has 0 heterocycles. The second-order valence-corrected chi connectivity index (χ2v) is 7.10. The zero-order valence-corrected chi connectivity index (χ0v) is 15.2. The highest BCUT2D eigenvalue weighted by molar-refractivity contribution is 5.32. The third-order valence-electron chi connectivity index (χ3n) is 5.01. The van der Waals surface area contributed by atoms with Gasteiger partial charge in [-0.2, -0.15) is 0 Å². The fourth-order valence-corrected chi connectivity index (χ4v) is 3.58. The fraction of sp³-hybridized carbons (Fsp3) is 0.478. The zero-order valence-electron chi connectivity index (χ0n) is 15.2. The molecule has 0 nitrogen and oxygen atoms in total. The monoisotopic (exact) mass is 308 g/mol. The maximum atomic E-state index is 4.17. The van der Waals surface area contributed by atoms with Crippen LogP contribution in [0.1, 0.15) is 64.0 Å². The van der Waals surface area contributed by atoms with Gasteiger partial charge in [-0.3, -0.25) is 0 Å². The molecule has 2 aliphatic carbocycles. The minimum Gasteiger partial charge on any atom is -0.0999 e. The zero-order chi connectivity index (χ0) is 16.7. The van der Waals surface area contributed by atoms with Crippen LogP contribution in [-0.2, 0) is 12.8 Å². The Kier molecular flexibility index (Phi) is 6.89. The molecule has 0 atom stereocenters. The van der Waals surface area contributed by atoms with E-state index in [1.807, 2.05) is 0 Å². The molecule has 0 fully saturated rings. The maximum absolute atomic E-state index is 4.17. The maximum Gasteiger partial charge on any atom is -0.0241 e. The Morgan fingerprint density at radius 3 is 1.96 bits per heavy atom. The Morgan fingerprint density at radius 2 is 1.52 bits per heavy atom. The number of allylic oxidation sites excluding steroid dienone is 5. The second kappa shape index (κ2) is 8.91. The average molecular weight is 309 g/mol. The van der Waals surface area contributed by atoms with E-state index in [-0.39, 0.29) is 0 Å². The average Bonchev–Trinajstić information content (AvgIpc) is 2.93. The van der Waals surface area contributed by atoms with Crippen molar-refractivity contribution in [3.05, 3.63) is 70.8 Å². The molecule has 0 aromatic heterocycles. The van der Waals surface area contributed by atoms with Crippen molar-refractivity contribution >= 4 is 0 Å². The van der Waals surface area contributed by atoms with E-state index in [1.165, 1.54) is 61.7 Å². The Morgan fingerprint density at radius 1 is 1.00 bits per heavy atom. The molecule has 0 bridgehead atoms. The lowest BCUT2D eigenvalue weighted by Crippen LogP contribution is -2.00. The standard InChI is InChI=1S/C15H20.C8H12/c1-3-6-12(2)9-13-10-14-7-4-5-8-15(14)11-13;1-7-5-3-4-6-8(7)2/h4-5,7-8,13H,2-3,6,9-11H2,1H3;5-6H,3-4H2,1-2H3. The first-order valence-electron chi connectivity index (χ1n) is 9.17. The molecule has 0 spiro atoms. The SMILES string of the molecule is C=C(CCC)CC1Cc2ccccc2C1.CC1=CCCC=C1C. The van der Waals surface area contributed by atoms with Crippen molar-refractivity contribution < 1.29 is 0 Å². The van der Waals surface area contributed by atoms with Gasteiger partial charge in [0.05, 0.1) is 0 Å².